The zero-order valence-electron chi connectivity index (χ0n) is 17.7. The second-order valence-corrected chi connectivity index (χ2v) is 10.7. The van der Waals surface area contributed by atoms with Crippen molar-refractivity contribution in [1.82, 2.24) is 0 Å². The van der Waals surface area contributed by atoms with Crippen LogP contribution in [0.15, 0.2) is 0 Å². The lowest BCUT2D eigenvalue weighted by Gasteiger charge is -2.61. The van der Waals surface area contributed by atoms with Crippen molar-refractivity contribution in [2.24, 2.45) is 34.5 Å². The van der Waals surface area contributed by atoms with Crippen LogP contribution in [0.3, 0.4) is 0 Å². The number of aliphatic hydroxyl groups excluding tert-OH is 1. The van der Waals surface area contributed by atoms with Crippen LogP contribution in [0.5, 0.6) is 0 Å². The molecule has 0 bridgehead atoms. The molecule has 5 heteroatoms. The van der Waals surface area contributed by atoms with Crippen LogP contribution in [-0.4, -0.2) is 39.8 Å². The highest BCUT2D eigenvalue weighted by Gasteiger charge is 2.69. The maximum atomic E-state index is 12.4. The quantitative estimate of drug-likeness (QED) is 0.705. The molecule has 4 rings (SSSR count). The van der Waals surface area contributed by atoms with Gasteiger partial charge in [0, 0.05) is 12.3 Å². The van der Waals surface area contributed by atoms with E-state index in [1.807, 2.05) is 6.92 Å². The van der Waals surface area contributed by atoms with Gasteiger partial charge in [-0.15, -0.1) is 0 Å². The Morgan fingerprint density at radius 2 is 1.68 bits per heavy atom. The van der Waals surface area contributed by atoms with Crippen LogP contribution >= 0.6 is 0 Å². The molecule has 0 saturated heterocycles. The van der Waals surface area contributed by atoms with Crippen LogP contribution in [0.25, 0.3) is 0 Å². The lowest BCUT2D eigenvalue weighted by molar-refractivity contribution is -0.183. The largest absolute Gasteiger partial charge is 0.463 e. The van der Waals surface area contributed by atoms with E-state index in [-0.39, 0.29) is 29.2 Å². The monoisotopic (exact) mass is 392 g/mol. The van der Waals surface area contributed by atoms with Gasteiger partial charge in [-0.2, -0.15) is 0 Å². The first kappa shape index (κ1) is 20.3. The number of hydrogen-bond acceptors (Lipinski definition) is 5. The summed E-state index contributed by atoms with van der Waals surface area (Å²) >= 11 is 0. The van der Waals surface area contributed by atoms with Crippen molar-refractivity contribution in [2.75, 3.05) is 0 Å². The van der Waals surface area contributed by atoms with Crippen molar-refractivity contribution >= 4 is 11.8 Å². The summed E-state index contributed by atoms with van der Waals surface area (Å²) in [4.78, 5) is 23.8. The fraction of sp³-hybridized carbons (Fsp3) is 0.913. The third-order valence-corrected chi connectivity index (χ3v) is 9.71. The molecule has 4 aliphatic carbocycles. The molecule has 9 atom stereocenters. The topological polar surface area (TPSA) is 83.8 Å². The molecule has 0 spiro atoms. The van der Waals surface area contributed by atoms with E-state index < -0.39 is 17.1 Å². The maximum Gasteiger partial charge on any atom is 0.302 e. The van der Waals surface area contributed by atoms with Crippen LogP contribution in [0.2, 0.25) is 0 Å². The normalized spacial score (nSPS) is 52.9. The Balaban J connectivity index is 1.59. The molecule has 2 N–H and O–H groups in total. The Hall–Kier alpha value is -0.940. The lowest BCUT2D eigenvalue weighted by Crippen LogP contribution is -2.60. The summed E-state index contributed by atoms with van der Waals surface area (Å²) < 4.78 is 5.53. The van der Waals surface area contributed by atoms with Gasteiger partial charge in [0.05, 0.1) is 6.10 Å². The highest BCUT2D eigenvalue weighted by molar-refractivity contribution is 5.87. The summed E-state index contributed by atoms with van der Waals surface area (Å²) in [6.07, 6.45) is 6.58. The number of hydrogen-bond donors (Lipinski definition) is 2. The van der Waals surface area contributed by atoms with E-state index in [1.165, 1.54) is 13.8 Å². The number of fused-ring (bicyclic) bond motifs is 5. The molecule has 0 unspecified atom stereocenters. The average molecular weight is 393 g/mol. The van der Waals surface area contributed by atoms with Crippen LogP contribution in [0.4, 0.5) is 0 Å². The van der Waals surface area contributed by atoms with Gasteiger partial charge in [-0.05, 0) is 87.4 Å². The Bertz CT molecular complexity index is 676. The molecule has 0 aromatic carbocycles. The van der Waals surface area contributed by atoms with Crippen LogP contribution < -0.4 is 0 Å². The first-order valence-corrected chi connectivity index (χ1v) is 11.1. The average Bonchev–Trinajstić information content (AvgIpc) is 2.83. The summed E-state index contributed by atoms with van der Waals surface area (Å²) in [6.45, 7) is 7.38. The zero-order chi connectivity index (χ0) is 20.5. The number of carbonyl (C=O) groups excluding carboxylic acids is 2. The number of esters is 1. The zero-order valence-corrected chi connectivity index (χ0v) is 17.7. The minimum Gasteiger partial charge on any atom is -0.463 e. The second kappa shape index (κ2) is 6.53. The number of ketones is 1. The van der Waals surface area contributed by atoms with E-state index in [1.54, 1.807) is 0 Å². The van der Waals surface area contributed by atoms with Crippen molar-refractivity contribution in [3.05, 3.63) is 0 Å². The van der Waals surface area contributed by atoms with Crippen molar-refractivity contribution < 1.29 is 24.5 Å². The van der Waals surface area contributed by atoms with Crippen molar-refractivity contribution in [2.45, 2.75) is 96.9 Å². The summed E-state index contributed by atoms with van der Waals surface area (Å²) in [7, 11) is 0. The maximum absolute atomic E-state index is 12.4. The predicted octanol–water partition coefficient (Wildman–Crippen LogP) is 3.25. The number of Topliss-reactive ketones (excluding diaryl/α,β-unsaturated/α-hetero) is 1. The van der Waals surface area contributed by atoms with Gasteiger partial charge in [0.25, 0.3) is 0 Å². The SMILES string of the molecule is CC(=O)O[C@H]1CC[C@@]2(C)[C@@H](CC[C@H]3[C@H]2CC[C@@]2(C)[C@@H]3C[C@@H](O)[C@@]2(O)C(C)=O)C1. The minimum atomic E-state index is -1.60. The molecule has 0 heterocycles. The molecule has 28 heavy (non-hydrogen) atoms. The second-order valence-electron chi connectivity index (χ2n) is 10.7. The molecule has 5 nitrogen and oxygen atoms in total. The number of carbonyl (C=O) groups is 2. The molecule has 4 saturated carbocycles. The highest BCUT2D eigenvalue weighted by Crippen LogP contribution is 2.68. The first-order valence-electron chi connectivity index (χ1n) is 11.1. The van der Waals surface area contributed by atoms with Crippen molar-refractivity contribution in [3.63, 3.8) is 0 Å². The third kappa shape index (κ3) is 2.57. The molecule has 0 aromatic heterocycles. The first-order chi connectivity index (χ1) is 13.0. The molecule has 0 radical (unpaired) electrons. The Morgan fingerprint density at radius 3 is 2.32 bits per heavy atom. The van der Waals surface area contributed by atoms with E-state index in [0.717, 1.165) is 44.9 Å². The highest BCUT2D eigenvalue weighted by atomic mass is 16.5. The van der Waals surface area contributed by atoms with E-state index in [2.05, 4.69) is 6.92 Å². The fourth-order valence-electron chi connectivity index (χ4n) is 8.22. The summed E-state index contributed by atoms with van der Waals surface area (Å²) in [5.41, 5.74) is -1.91. The Morgan fingerprint density at radius 1 is 0.964 bits per heavy atom. The van der Waals surface area contributed by atoms with Crippen LogP contribution in [0.1, 0.15) is 79.1 Å². The van der Waals surface area contributed by atoms with Crippen LogP contribution in [0, 0.1) is 34.5 Å². The molecule has 158 valence electrons. The van der Waals surface area contributed by atoms with Gasteiger partial charge in [0.15, 0.2) is 11.4 Å². The molecular formula is C23H36O5. The molecule has 0 aromatic rings. The summed E-state index contributed by atoms with van der Waals surface area (Å²) in [5.74, 6) is 1.30. The van der Waals surface area contributed by atoms with E-state index in [0.29, 0.717) is 24.2 Å². The molecule has 0 aliphatic heterocycles. The lowest BCUT2D eigenvalue weighted by atomic mass is 9.44. The van der Waals surface area contributed by atoms with Gasteiger partial charge in [-0.3, -0.25) is 9.59 Å². The molecule has 0 amide bonds. The third-order valence-electron chi connectivity index (χ3n) is 9.71. The molecular weight excluding hydrogens is 356 g/mol. The standard InChI is InChI=1S/C23H36O5/c1-13(24)23(27)20(26)12-19-17-6-5-15-11-16(28-14(2)25)7-9-21(15,3)18(17)8-10-22(19,23)4/h15-20,26-27H,5-12H2,1-4H3/t15-,16-,17-,18+,19+,20+,21-,22-,23-/m0/s1. The van der Waals surface area contributed by atoms with Gasteiger partial charge in [0.2, 0.25) is 0 Å². The van der Waals surface area contributed by atoms with Gasteiger partial charge < -0.3 is 14.9 Å². The van der Waals surface area contributed by atoms with Gasteiger partial charge in [0.1, 0.15) is 6.10 Å². The Kier molecular flexibility index (Phi) is 4.74. The molecule has 4 fully saturated rings. The predicted molar refractivity (Wildman–Crippen MR) is 104 cm³/mol. The van der Waals surface area contributed by atoms with E-state index in [4.69, 9.17) is 4.74 Å². The van der Waals surface area contributed by atoms with E-state index in [9.17, 15) is 19.8 Å². The van der Waals surface area contributed by atoms with Gasteiger partial charge >= 0.3 is 5.97 Å². The molecule has 4 aliphatic rings. The smallest absolute Gasteiger partial charge is 0.302 e. The number of aliphatic hydroxyl groups is 2. The number of ether oxygens (including phenoxy) is 1. The van der Waals surface area contributed by atoms with Crippen LogP contribution in [-0.2, 0) is 14.3 Å². The Labute approximate surface area is 168 Å². The van der Waals surface area contributed by atoms with Gasteiger partial charge in [-0.1, -0.05) is 13.8 Å². The summed E-state index contributed by atoms with van der Waals surface area (Å²) in [5, 5.41) is 21.9. The number of rotatable bonds is 2. The fourth-order valence-corrected chi connectivity index (χ4v) is 8.22. The van der Waals surface area contributed by atoms with Gasteiger partial charge in [-0.25, -0.2) is 0 Å². The van der Waals surface area contributed by atoms with E-state index >= 15 is 0 Å². The minimum absolute atomic E-state index is 0.0529. The summed E-state index contributed by atoms with van der Waals surface area (Å²) in [6, 6.07) is 0. The van der Waals surface area contributed by atoms with Crippen molar-refractivity contribution in [1.29, 1.82) is 0 Å². The van der Waals surface area contributed by atoms with Crippen molar-refractivity contribution in [3.8, 4) is 0 Å².